The van der Waals surface area contributed by atoms with E-state index in [9.17, 15) is 9.59 Å². The molecule has 22 heavy (non-hydrogen) atoms. The largest absolute Gasteiger partial charge is 0.339 e. The number of carbonyl (C=O) groups excluding carboxylic acids is 2. The number of likely N-dealkylation sites (N-methyl/N-ethyl adjacent to an activating group) is 1. The van der Waals surface area contributed by atoms with Gasteiger partial charge in [0.1, 0.15) is 0 Å². The van der Waals surface area contributed by atoms with Crippen molar-refractivity contribution in [1.29, 1.82) is 0 Å². The number of hydrogen-bond acceptors (Lipinski definition) is 4. The molecule has 0 saturated carbocycles. The summed E-state index contributed by atoms with van der Waals surface area (Å²) in [5.74, 6) is 0.198. The molecule has 1 saturated heterocycles. The summed E-state index contributed by atoms with van der Waals surface area (Å²) in [7, 11) is 3.83. The second-order valence-corrected chi connectivity index (χ2v) is 5.94. The summed E-state index contributed by atoms with van der Waals surface area (Å²) in [6.07, 6.45) is 3.78. The molecule has 0 radical (unpaired) electrons. The van der Waals surface area contributed by atoms with Crippen molar-refractivity contribution in [3.8, 4) is 0 Å². The highest BCUT2D eigenvalue weighted by molar-refractivity contribution is 5.82. The van der Waals surface area contributed by atoms with E-state index in [-0.39, 0.29) is 17.9 Å². The third-order valence-electron chi connectivity index (χ3n) is 4.25. The summed E-state index contributed by atoms with van der Waals surface area (Å²) in [5.41, 5.74) is 1.09. The Labute approximate surface area is 131 Å². The van der Waals surface area contributed by atoms with Gasteiger partial charge in [0, 0.05) is 58.5 Å². The summed E-state index contributed by atoms with van der Waals surface area (Å²) >= 11 is 0. The average molecular weight is 307 g/mol. The van der Waals surface area contributed by atoms with Gasteiger partial charge in [-0.1, -0.05) is 0 Å². The minimum Gasteiger partial charge on any atom is -0.339 e. The van der Waals surface area contributed by atoms with E-state index in [0.29, 0.717) is 32.7 Å². The van der Waals surface area contributed by atoms with E-state index in [1.807, 2.05) is 43.2 Å². The van der Waals surface area contributed by atoms with Crippen LogP contribution in [0.15, 0.2) is 12.4 Å². The molecule has 1 fully saturated rings. The summed E-state index contributed by atoms with van der Waals surface area (Å²) in [6, 6.07) is -0.191. The first-order chi connectivity index (χ1) is 10.4. The zero-order chi connectivity index (χ0) is 16.3. The number of aryl methyl sites for hydroxylation is 1. The van der Waals surface area contributed by atoms with Gasteiger partial charge in [0.05, 0.1) is 12.2 Å². The van der Waals surface area contributed by atoms with Gasteiger partial charge >= 0.3 is 0 Å². The molecule has 1 aromatic heterocycles. The van der Waals surface area contributed by atoms with Crippen LogP contribution in [0.3, 0.4) is 0 Å². The van der Waals surface area contributed by atoms with Crippen LogP contribution in [0.5, 0.6) is 0 Å². The Morgan fingerprint density at radius 1 is 1.27 bits per heavy atom. The maximum absolute atomic E-state index is 12.6. The van der Waals surface area contributed by atoms with Gasteiger partial charge in [-0.15, -0.1) is 0 Å². The van der Waals surface area contributed by atoms with Crippen molar-refractivity contribution in [2.75, 3.05) is 33.2 Å². The van der Waals surface area contributed by atoms with Crippen molar-refractivity contribution >= 4 is 11.8 Å². The number of nitrogens with zero attached hydrogens (tertiary/aromatic N) is 5. The molecule has 1 aliphatic heterocycles. The average Bonchev–Trinajstić information content (AvgIpc) is 2.90. The van der Waals surface area contributed by atoms with Crippen LogP contribution in [0, 0.1) is 0 Å². The predicted octanol–water partition coefficient (Wildman–Crippen LogP) is -0.0689. The topological polar surface area (TPSA) is 61.7 Å². The third-order valence-corrected chi connectivity index (χ3v) is 4.25. The maximum atomic E-state index is 12.6. The molecule has 2 amide bonds. The molecule has 2 rings (SSSR count). The highest BCUT2D eigenvalue weighted by Gasteiger charge is 2.27. The number of rotatable bonds is 4. The fraction of sp³-hybridized carbons (Fsp3) is 0.667. The first-order valence-corrected chi connectivity index (χ1v) is 7.60. The van der Waals surface area contributed by atoms with E-state index in [1.54, 1.807) is 16.5 Å². The lowest BCUT2D eigenvalue weighted by atomic mass is 10.2. The van der Waals surface area contributed by atoms with Crippen molar-refractivity contribution < 1.29 is 9.59 Å². The summed E-state index contributed by atoms with van der Waals surface area (Å²) in [5, 5.41) is 4.15. The zero-order valence-corrected chi connectivity index (χ0v) is 13.8. The smallest absolute Gasteiger partial charge is 0.239 e. The van der Waals surface area contributed by atoms with Crippen LogP contribution in [0.2, 0.25) is 0 Å². The van der Waals surface area contributed by atoms with Gasteiger partial charge in [0.25, 0.3) is 0 Å². The SMILES string of the molecule is CC(=O)N1CCN(C(=O)C(C)N(C)Cc2cnn(C)c2)CC1. The van der Waals surface area contributed by atoms with Crippen molar-refractivity contribution in [3.63, 3.8) is 0 Å². The van der Waals surface area contributed by atoms with Crippen LogP contribution in [-0.4, -0.2) is 75.6 Å². The zero-order valence-electron chi connectivity index (χ0n) is 13.8. The molecule has 1 aromatic rings. The monoisotopic (exact) mass is 307 g/mol. The molecule has 1 unspecified atom stereocenters. The Balaban J connectivity index is 1.87. The van der Waals surface area contributed by atoms with Crippen molar-refractivity contribution in [2.45, 2.75) is 26.4 Å². The number of piperazine rings is 1. The molecule has 0 spiro atoms. The van der Waals surface area contributed by atoms with E-state index in [1.165, 1.54) is 0 Å². The highest BCUT2D eigenvalue weighted by atomic mass is 16.2. The molecule has 0 aromatic carbocycles. The molecule has 2 heterocycles. The van der Waals surface area contributed by atoms with Gasteiger partial charge in [-0.25, -0.2) is 0 Å². The summed E-state index contributed by atoms with van der Waals surface area (Å²) in [4.78, 5) is 29.6. The maximum Gasteiger partial charge on any atom is 0.239 e. The first kappa shape index (κ1) is 16.5. The lowest BCUT2D eigenvalue weighted by Gasteiger charge is -2.37. The molecule has 7 heteroatoms. The van der Waals surface area contributed by atoms with E-state index < -0.39 is 0 Å². The van der Waals surface area contributed by atoms with E-state index in [0.717, 1.165) is 5.56 Å². The number of aromatic nitrogens is 2. The fourth-order valence-electron chi connectivity index (χ4n) is 2.67. The van der Waals surface area contributed by atoms with E-state index in [2.05, 4.69) is 5.10 Å². The number of hydrogen-bond donors (Lipinski definition) is 0. The molecule has 1 aliphatic rings. The van der Waals surface area contributed by atoms with Gasteiger partial charge in [0.15, 0.2) is 0 Å². The Morgan fingerprint density at radius 2 is 1.86 bits per heavy atom. The van der Waals surface area contributed by atoms with Gasteiger partial charge in [-0.05, 0) is 14.0 Å². The van der Waals surface area contributed by atoms with Crippen LogP contribution in [-0.2, 0) is 23.2 Å². The molecular weight excluding hydrogens is 282 g/mol. The second-order valence-electron chi connectivity index (χ2n) is 5.94. The Bertz CT molecular complexity index is 534. The van der Waals surface area contributed by atoms with Crippen molar-refractivity contribution in [2.24, 2.45) is 7.05 Å². The van der Waals surface area contributed by atoms with Crippen molar-refractivity contribution in [1.82, 2.24) is 24.5 Å². The van der Waals surface area contributed by atoms with Crippen LogP contribution >= 0.6 is 0 Å². The first-order valence-electron chi connectivity index (χ1n) is 7.60. The van der Waals surface area contributed by atoms with Gasteiger partial charge in [0.2, 0.25) is 11.8 Å². The molecule has 1 atom stereocenters. The van der Waals surface area contributed by atoms with Crippen LogP contribution in [0.4, 0.5) is 0 Å². The van der Waals surface area contributed by atoms with Crippen molar-refractivity contribution in [3.05, 3.63) is 18.0 Å². The van der Waals surface area contributed by atoms with Gasteiger partial charge in [-0.2, -0.15) is 5.10 Å². The van der Waals surface area contributed by atoms with Crippen LogP contribution in [0.1, 0.15) is 19.4 Å². The lowest BCUT2D eigenvalue weighted by molar-refractivity contribution is -0.141. The molecular formula is C15H25N5O2. The predicted molar refractivity (Wildman–Crippen MR) is 83.0 cm³/mol. The summed E-state index contributed by atoms with van der Waals surface area (Å²) in [6.45, 7) is 6.67. The quantitative estimate of drug-likeness (QED) is 0.781. The molecule has 7 nitrogen and oxygen atoms in total. The third kappa shape index (κ3) is 3.85. The molecule has 0 bridgehead atoms. The number of carbonyl (C=O) groups is 2. The van der Waals surface area contributed by atoms with Crippen LogP contribution < -0.4 is 0 Å². The Hall–Kier alpha value is -1.89. The van der Waals surface area contributed by atoms with Crippen LogP contribution in [0.25, 0.3) is 0 Å². The van der Waals surface area contributed by atoms with Gasteiger partial charge < -0.3 is 9.80 Å². The minimum absolute atomic E-state index is 0.0776. The Kier molecular flexibility index (Phi) is 5.18. The molecule has 0 N–H and O–H groups in total. The standard InChI is InChI=1S/C15H25N5O2/c1-12(17(3)10-14-9-16-18(4)11-14)15(22)20-7-5-19(6-8-20)13(2)21/h9,11-12H,5-8,10H2,1-4H3. The normalized spacial score (nSPS) is 17.0. The van der Waals surface area contributed by atoms with E-state index >= 15 is 0 Å². The number of amides is 2. The molecule has 0 aliphatic carbocycles. The van der Waals surface area contributed by atoms with Gasteiger partial charge in [-0.3, -0.25) is 19.2 Å². The van der Waals surface area contributed by atoms with E-state index in [4.69, 9.17) is 0 Å². The minimum atomic E-state index is -0.191. The fourth-order valence-corrected chi connectivity index (χ4v) is 2.67. The molecule has 122 valence electrons. The summed E-state index contributed by atoms with van der Waals surface area (Å²) < 4.78 is 1.76. The second kappa shape index (κ2) is 6.91. The highest BCUT2D eigenvalue weighted by Crippen LogP contribution is 2.10. The lowest BCUT2D eigenvalue weighted by Crippen LogP contribution is -2.54. The Morgan fingerprint density at radius 3 is 2.36 bits per heavy atom.